The maximum absolute atomic E-state index is 11.9. The zero-order valence-corrected chi connectivity index (χ0v) is 11.9. The van der Waals surface area contributed by atoms with E-state index < -0.39 is 0 Å². The quantitative estimate of drug-likeness (QED) is 0.777. The smallest absolute Gasteiger partial charge is 0.232 e. The molecule has 104 valence electrons. The molecule has 0 aromatic carbocycles. The number of carbonyl (C=O) groups is 2. The van der Waals surface area contributed by atoms with Crippen LogP contribution >= 0.6 is 11.8 Å². The highest BCUT2D eigenvalue weighted by Gasteiger charge is 2.22. The molecule has 2 amide bonds. The van der Waals surface area contributed by atoms with Gasteiger partial charge in [-0.15, -0.1) is 11.8 Å². The number of piperazine rings is 1. The summed E-state index contributed by atoms with van der Waals surface area (Å²) >= 11 is 1.58. The van der Waals surface area contributed by atoms with Crippen LogP contribution in [0.1, 0.15) is 20.3 Å². The summed E-state index contributed by atoms with van der Waals surface area (Å²) < 4.78 is 0. The van der Waals surface area contributed by atoms with Gasteiger partial charge in [0.25, 0.3) is 0 Å². The fraction of sp³-hybridized carbons (Fsp3) is 0.833. The third-order valence-electron chi connectivity index (χ3n) is 3.10. The van der Waals surface area contributed by atoms with Crippen molar-refractivity contribution in [3.63, 3.8) is 0 Å². The summed E-state index contributed by atoms with van der Waals surface area (Å²) in [4.78, 5) is 26.7. The number of hydrogen-bond acceptors (Lipinski definition) is 4. The third kappa shape index (κ3) is 4.86. The zero-order chi connectivity index (χ0) is 13.5. The Morgan fingerprint density at radius 1 is 1.22 bits per heavy atom. The summed E-state index contributed by atoms with van der Waals surface area (Å²) in [6.45, 7) is 6.28. The van der Waals surface area contributed by atoms with Gasteiger partial charge >= 0.3 is 0 Å². The van der Waals surface area contributed by atoms with Gasteiger partial charge in [-0.2, -0.15) is 0 Å². The van der Waals surface area contributed by atoms with Gasteiger partial charge in [-0.25, -0.2) is 0 Å². The standard InChI is InChI=1S/C12H22N2O3S/c1-10(3-8-15)18-9-12(17)14-6-4-13(5-7-14)11(2)16/h10,15H,3-9H2,1-2H3. The summed E-state index contributed by atoms with van der Waals surface area (Å²) in [5, 5.41) is 9.09. The van der Waals surface area contributed by atoms with Crippen molar-refractivity contribution in [2.24, 2.45) is 0 Å². The maximum Gasteiger partial charge on any atom is 0.232 e. The molecule has 1 aliphatic heterocycles. The van der Waals surface area contributed by atoms with Crippen molar-refractivity contribution >= 4 is 23.6 Å². The molecule has 0 spiro atoms. The average Bonchev–Trinajstić information content (AvgIpc) is 2.36. The van der Waals surface area contributed by atoms with Gasteiger partial charge in [-0.05, 0) is 6.42 Å². The van der Waals surface area contributed by atoms with Crippen molar-refractivity contribution in [2.45, 2.75) is 25.5 Å². The number of hydrogen-bond donors (Lipinski definition) is 1. The highest BCUT2D eigenvalue weighted by Crippen LogP contribution is 2.15. The van der Waals surface area contributed by atoms with Gasteiger partial charge < -0.3 is 14.9 Å². The van der Waals surface area contributed by atoms with E-state index in [1.807, 2.05) is 11.8 Å². The van der Waals surface area contributed by atoms with Gasteiger partial charge in [0.05, 0.1) is 5.75 Å². The minimum absolute atomic E-state index is 0.0769. The molecule has 18 heavy (non-hydrogen) atoms. The number of amides is 2. The number of rotatable bonds is 5. The Balaban J connectivity index is 2.25. The van der Waals surface area contributed by atoms with Crippen LogP contribution < -0.4 is 0 Å². The second-order valence-corrected chi connectivity index (χ2v) is 5.95. The van der Waals surface area contributed by atoms with Crippen LogP contribution in [0, 0.1) is 0 Å². The van der Waals surface area contributed by atoms with Crippen LogP contribution in [0.5, 0.6) is 0 Å². The van der Waals surface area contributed by atoms with Crippen LogP contribution in [0.25, 0.3) is 0 Å². The van der Waals surface area contributed by atoms with E-state index in [1.165, 1.54) is 0 Å². The first-order chi connectivity index (χ1) is 8.54. The van der Waals surface area contributed by atoms with Gasteiger partial charge in [0.1, 0.15) is 0 Å². The lowest BCUT2D eigenvalue weighted by Gasteiger charge is -2.34. The van der Waals surface area contributed by atoms with Crippen LogP contribution in [0.4, 0.5) is 0 Å². The van der Waals surface area contributed by atoms with Crippen molar-refractivity contribution in [1.82, 2.24) is 9.80 Å². The van der Waals surface area contributed by atoms with Gasteiger partial charge in [0.2, 0.25) is 11.8 Å². The highest BCUT2D eigenvalue weighted by atomic mass is 32.2. The van der Waals surface area contributed by atoms with Crippen LogP contribution in [-0.4, -0.2) is 70.5 Å². The molecule has 1 atom stereocenters. The van der Waals surface area contributed by atoms with Crippen LogP contribution in [0.3, 0.4) is 0 Å². The molecule has 0 saturated carbocycles. The van der Waals surface area contributed by atoms with E-state index in [9.17, 15) is 9.59 Å². The second kappa shape index (κ2) is 7.63. The van der Waals surface area contributed by atoms with Gasteiger partial charge in [-0.3, -0.25) is 9.59 Å². The zero-order valence-electron chi connectivity index (χ0n) is 11.1. The van der Waals surface area contributed by atoms with Crippen LogP contribution in [0.2, 0.25) is 0 Å². The minimum Gasteiger partial charge on any atom is -0.396 e. The Bertz CT molecular complexity index is 291. The molecule has 1 fully saturated rings. The predicted molar refractivity (Wildman–Crippen MR) is 72.5 cm³/mol. The highest BCUT2D eigenvalue weighted by molar-refractivity contribution is 8.00. The number of carbonyl (C=O) groups excluding carboxylic acids is 2. The number of aliphatic hydroxyl groups is 1. The van der Waals surface area contributed by atoms with Gasteiger partial charge in [-0.1, -0.05) is 6.92 Å². The Labute approximate surface area is 113 Å². The van der Waals surface area contributed by atoms with Gasteiger partial charge in [0, 0.05) is 45.0 Å². The van der Waals surface area contributed by atoms with Crippen molar-refractivity contribution in [2.75, 3.05) is 38.5 Å². The Morgan fingerprint density at radius 2 is 1.78 bits per heavy atom. The average molecular weight is 274 g/mol. The first kappa shape index (κ1) is 15.3. The third-order valence-corrected chi connectivity index (χ3v) is 4.32. The SMILES string of the molecule is CC(=O)N1CCN(C(=O)CSC(C)CCO)CC1. The summed E-state index contributed by atoms with van der Waals surface area (Å²) in [5.74, 6) is 0.669. The largest absolute Gasteiger partial charge is 0.396 e. The lowest BCUT2D eigenvalue weighted by atomic mass is 10.3. The molecular weight excluding hydrogens is 252 g/mol. The lowest BCUT2D eigenvalue weighted by Crippen LogP contribution is -2.50. The molecule has 1 saturated heterocycles. The van der Waals surface area contributed by atoms with Gasteiger partial charge in [0.15, 0.2) is 0 Å². The fourth-order valence-electron chi connectivity index (χ4n) is 1.84. The molecule has 1 heterocycles. The predicted octanol–water partition coefficient (Wildman–Crippen LogP) is 0.181. The molecule has 0 aliphatic carbocycles. The molecule has 0 radical (unpaired) electrons. The first-order valence-electron chi connectivity index (χ1n) is 6.30. The van der Waals surface area contributed by atoms with E-state index in [2.05, 4.69) is 0 Å². The Morgan fingerprint density at radius 3 is 2.28 bits per heavy atom. The minimum atomic E-state index is 0.0769. The monoisotopic (exact) mass is 274 g/mol. The van der Waals surface area contributed by atoms with E-state index in [0.717, 1.165) is 6.42 Å². The topological polar surface area (TPSA) is 60.9 Å². The summed E-state index contributed by atoms with van der Waals surface area (Å²) in [6.07, 6.45) is 0.718. The van der Waals surface area contributed by atoms with Crippen molar-refractivity contribution in [3.05, 3.63) is 0 Å². The number of nitrogens with zero attached hydrogens (tertiary/aromatic N) is 2. The molecule has 5 nitrogen and oxygen atoms in total. The van der Waals surface area contributed by atoms with E-state index >= 15 is 0 Å². The number of aliphatic hydroxyl groups excluding tert-OH is 1. The molecular formula is C12H22N2O3S. The molecule has 1 aliphatic rings. The second-order valence-electron chi connectivity index (χ2n) is 4.52. The summed E-state index contributed by atoms with van der Waals surface area (Å²) in [5.41, 5.74) is 0. The molecule has 0 aromatic rings. The van der Waals surface area contributed by atoms with Crippen molar-refractivity contribution in [1.29, 1.82) is 0 Å². The number of thioether (sulfide) groups is 1. The van der Waals surface area contributed by atoms with Crippen molar-refractivity contribution in [3.8, 4) is 0 Å². The maximum atomic E-state index is 11.9. The summed E-state index contributed by atoms with van der Waals surface area (Å²) in [7, 11) is 0. The van der Waals surface area contributed by atoms with E-state index in [1.54, 1.807) is 23.6 Å². The Hall–Kier alpha value is -0.750. The molecule has 6 heteroatoms. The normalized spacial score (nSPS) is 17.7. The van der Waals surface area contributed by atoms with E-state index in [4.69, 9.17) is 5.11 Å². The molecule has 1 unspecified atom stereocenters. The molecule has 0 aromatic heterocycles. The summed E-state index contributed by atoms with van der Waals surface area (Å²) in [6, 6.07) is 0. The van der Waals surface area contributed by atoms with Crippen molar-refractivity contribution < 1.29 is 14.7 Å². The lowest BCUT2D eigenvalue weighted by molar-refractivity contribution is -0.136. The molecule has 1 N–H and O–H groups in total. The molecule has 0 bridgehead atoms. The first-order valence-corrected chi connectivity index (χ1v) is 7.35. The molecule has 1 rings (SSSR count). The van der Waals surface area contributed by atoms with E-state index in [0.29, 0.717) is 37.2 Å². The van der Waals surface area contributed by atoms with E-state index in [-0.39, 0.29) is 18.4 Å². The van der Waals surface area contributed by atoms with Crippen LogP contribution in [0.15, 0.2) is 0 Å². The Kier molecular flexibility index (Phi) is 6.49. The fourth-order valence-corrected chi connectivity index (χ4v) is 2.72. The van der Waals surface area contributed by atoms with Crippen LogP contribution in [-0.2, 0) is 9.59 Å².